The minimum Gasteiger partial charge on any atom is -0.465 e. The normalized spacial score (nSPS) is 24.7. The number of rotatable bonds is 3. The summed E-state index contributed by atoms with van der Waals surface area (Å²) in [6.45, 7) is 13.6. The topological polar surface area (TPSA) is 46.6 Å². The predicted molar refractivity (Wildman–Crippen MR) is 74.6 cm³/mol. The number of ether oxygens (including phenoxy) is 1. The highest BCUT2D eigenvalue weighted by Crippen LogP contribution is 2.42. The molecule has 4 heteroatoms. The predicted octanol–water partition coefficient (Wildman–Crippen LogP) is 2.53. The zero-order valence-electron chi connectivity index (χ0n) is 12.7. The molecule has 0 spiro atoms. The van der Waals surface area contributed by atoms with E-state index in [2.05, 4.69) is 20.4 Å². The molecule has 1 atom stereocenters. The second-order valence-corrected chi connectivity index (χ2v) is 6.38. The summed E-state index contributed by atoms with van der Waals surface area (Å²) < 4.78 is 5.14. The Labute approximate surface area is 115 Å². The van der Waals surface area contributed by atoms with Crippen LogP contribution >= 0.6 is 0 Å². The molecule has 0 radical (unpaired) electrons. The van der Waals surface area contributed by atoms with Crippen LogP contribution in [-0.2, 0) is 14.3 Å². The molecule has 1 unspecified atom stereocenters. The number of hydrogen-bond acceptors (Lipinski definition) is 3. The van der Waals surface area contributed by atoms with E-state index in [0.29, 0.717) is 6.61 Å². The van der Waals surface area contributed by atoms with E-state index in [1.165, 1.54) is 13.0 Å². The SMILES string of the molecule is C=CC(=O)N1C(C)(C)CCC(COC(C)=O)C1(C)C. The fourth-order valence-electron chi connectivity index (χ4n) is 3.13. The molecular formula is C15H25NO3. The van der Waals surface area contributed by atoms with Gasteiger partial charge in [-0.2, -0.15) is 0 Å². The first-order valence-electron chi connectivity index (χ1n) is 6.73. The maximum atomic E-state index is 12.2. The van der Waals surface area contributed by atoms with E-state index in [1.807, 2.05) is 18.7 Å². The van der Waals surface area contributed by atoms with Crippen molar-refractivity contribution < 1.29 is 14.3 Å². The molecule has 1 aliphatic heterocycles. The third-order valence-electron chi connectivity index (χ3n) is 4.17. The number of likely N-dealkylation sites (tertiary alicyclic amines) is 1. The monoisotopic (exact) mass is 267 g/mol. The summed E-state index contributed by atoms with van der Waals surface area (Å²) in [6, 6.07) is 0. The second kappa shape index (κ2) is 5.35. The zero-order valence-corrected chi connectivity index (χ0v) is 12.7. The van der Waals surface area contributed by atoms with Crippen molar-refractivity contribution in [2.24, 2.45) is 5.92 Å². The highest BCUT2D eigenvalue weighted by atomic mass is 16.5. The smallest absolute Gasteiger partial charge is 0.302 e. The van der Waals surface area contributed by atoms with Gasteiger partial charge in [0.05, 0.1) is 6.61 Å². The average Bonchev–Trinajstić information content (AvgIpc) is 2.25. The van der Waals surface area contributed by atoms with Gasteiger partial charge in [-0.05, 0) is 46.6 Å². The Bertz CT molecular complexity index is 385. The van der Waals surface area contributed by atoms with Gasteiger partial charge in [-0.25, -0.2) is 0 Å². The van der Waals surface area contributed by atoms with E-state index in [1.54, 1.807) is 0 Å². The summed E-state index contributed by atoms with van der Waals surface area (Å²) in [4.78, 5) is 25.0. The number of carbonyl (C=O) groups is 2. The lowest BCUT2D eigenvalue weighted by molar-refractivity contribution is -0.156. The molecule has 1 aliphatic rings. The molecule has 0 bridgehead atoms. The van der Waals surface area contributed by atoms with Crippen LogP contribution in [0.3, 0.4) is 0 Å². The van der Waals surface area contributed by atoms with Gasteiger partial charge in [-0.15, -0.1) is 0 Å². The number of esters is 1. The maximum Gasteiger partial charge on any atom is 0.302 e. The van der Waals surface area contributed by atoms with E-state index < -0.39 is 0 Å². The second-order valence-electron chi connectivity index (χ2n) is 6.38. The van der Waals surface area contributed by atoms with Gasteiger partial charge in [-0.1, -0.05) is 6.58 Å². The van der Waals surface area contributed by atoms with Crippen LogP contribution in [0.5, 0.6) is 0 Å². The molecule has 0 aromatic carbocycles. The average molecular weight is 267 g/mol. The van der Waals surface area contributed by atoms with Crippen LogP contribution in [0.25, 0.3) is 0 Å². The number of amides is 1. The van der Waals surface area contributed by atoms with E-state index >= 15 is 0 Å². The van der Waals surface area contributed by atoms with Crippen LogP contribution in [0.4, 0.5) is 0 Å². The number of piperidine rings is 1. The van der Waals surface area contributed by atoms with Crippen molar-refractivity contribution >= 4 is 11.9 Å². The van der Waals surface area contributed by atoms with Crippen molar-refractivity contribution in [3.63, 3.8) is 0 Å². The molecule has 0 aromatic heterocycles. The molecule has 19 heavy (non-hydrogen) atoms. The lowest BCUT2D eigenvalue weighted by Crippen LogP contribution is -2.64. The van der Waals surface area contributed by atoms with Gasteiger partial charge in [0.2, 0.25) is 5.91 Å². The summed E-state index contributed by atoms with van der Waals surface area (Å²) in [6.07, 6.45) is 3.19. The number of nitrogens with zero attached hydrogens (tertiary/aromatic N) is 1. The molecule has 108 valence electrons. The lowest BCUT2D eigenvalue weighted by Gasteiger charge is -2.56. The lowest BCUT2D eigenvalue weighted by atomic mass is 9.72. The summed E-state index contributed by atoms with van der Waals surface area (Å²) >= 11 is 0. The van der Waals surface area contributed by atoms with Gasteiger partial charge >= 0.3 is 5.97 Å². The van der Waals surface area contributed by atoms with Gasteiger partial charge in [0.25, 0.3) is 0 Å². The van der Waals surface area contributed by atoms with E-state index in [-0.39, 0.29) is 28.9 Å². The fraction of sp³-hybridized carbons (Fsp3) is 0.733. The highest BCUT2D eigenvalue weighted by molar-refractivity contribution is 5.88. The highest BCUT2D eigenvalue weighted by Gasteiger charge is 2.48. The Balaban J connectivity index is 2.99. The first kappa shape index (κ1) is 15.7. The largest absolute Gasteiger partial charge is 0.465 e. The van der Waals surface area contributed by atoms with Crippen LogP contribution in [-0.4, -0.2) is 34.5 Å². The van der Waals surface area contributed by atoms with Gasteiger partial charge in [0, 0.05) is 23.9 Å². The van der Waals surface area contributed by atoms with Gasteiger partial charge in [-0.3, -0.25) is 9.59 Å². The number of hydrogen-bond donors (Lipinski definition) is 0. The Hall–Kier alpha value is -1.32. The van der Waals surface area contributed by atoms with Crippen LogP contribution in [0.2, 0.25) is 0 Å². The van der Waals surface area contributed by atoms with Crippen molar-refractivity contribution in [1.82, 2.24) is 4.90 Å². The van der Waals surface area contributed by atoms with Crippen LogP contribution in [0.15, 0.2) is 12.7 Å². The van der Waals surface area contributed by atoms with Crippen molar-refractivity contribution in [3.05, 3.63) is 12.7 Å². The maximum absolute atomic E-state index is 12.2. The van der Waals surface area contributed by atoms with Crippen molar-refractivity contribution in [2.45, 2.75) is 58.5 Å². The molecule has 1 saturated heterocycles. The Morgan fingerprint density at radius 2 is 1.95 bits per heavy atom. The van der Waals surface area contributed by atoms with Crippen LogP contribution < -0.4 is 0 Å². The molecule has 1 amide bonds. The number of carbonyl (C=O) groups excluding carboxylic acids is 2. The van der Waals surface area contributed by atoms with E-state index in [9.17, 15) is 9.59 Å². The molecule has 0 saturated carbocycles. The van der Waals surface area contributed by atoms with E-state index in [4.69, 9.17) is 4.74 Å². The quantitative estimate of drug-likeness (QED) is 0.583. The van der Waals surface area contributed by atoms with Crippen molar-refractivity contribution in [3.8, 4) is 0 Å². The zero-order chi connectivity index (χ0) is 14.8. The summed E-state index contributed by atoms with van der Waals surface area (Å²) in [5.74, 6) is -0.196. The van der Waals surface area contributed by atoms with Crippen LogP contribution in [0, 0.1) is 5.92 Å². The third kappa shape index (κ3) is 3.17. The Morgan fingerprint density at radius 3 is 2.42 bits per heavy atom. The Kier molecular flexibility index (Phi) is 4.43. The first-order valence-corrected chi connectivity index (χ1v) is 6.73. The molecule has 1 heterocycles. The van der Waals surface area contributed by atoms with E-state index in [0.717, 1.165) is 12.8 Å². The Morgan fingerprint density at radius 1 is 1.37 bits per heavy atom. The minimum atomic E-state index is -0.359. The minimum absolute atomic E-state index is 0.0671. The van der Waals surface area contributed by atoms with Crippen molar-refractivity contribution in [2.75, 3.05) is 6.61 Å². The summed E-state index contributed by atoms with van der Waals surface area (Å²) in [7, 11) is 0. The summed E-state index contributed by atoms with van der Waals surface area (Å²) in [5, 5.41) is 0. The molecular weight excluding hydrogens is 242 g/mol. The third-order valence-corrected chi connectivity index (χ3v) is 4.17. The first-order chi connectivity index (χ1) is 8.63. The molecule has 0 aliphatic carbocycles. The molecule has 1 fully saturated rings. The molecule has 0 N–H and O–H groups in total. The summed E-state index contributed by atoms with van der Waals surface area (Å²) in [5.41, 5.74) is -0.566. The standard InChI is InChI=1S/C15H25NO3/c1-7-13(18)16-14(3,4)9-8-12(15(16,5)6)10-19-11(2)17/h7,12H,1,8-10H2,2-6H3. The van der Waals surface area contributed by atoms with Gasteiger partial charge in [0.15, 0.2) is 0 Å². The fourth-order valence-corrected chi connectivity index (χ4v) is 3.13. The molecule has 0 aromatic rings. The van der Waals surface area contributed by atoms with Gasteiger partial charge in [0.1, 0.15) is 0 Å². The molecule has 1 rings (SSSR count). The van der Waals surface area contributed by atoms with Gasteiger partial charge < -0.3 is 9.64 Å². The molecule has 4 nitrogen and oxygen atoms in total. The van der Waals surface area contributed by atoms with Crippen LogP contribution in [0.1, 0.15) is 47.5 Å². The van der Waals surface area contributed by atoms with Crippen molar-refractivity contribution in [1.29, 1.82) is 0 Å².